The smallest absolute Gasteiger partial charge is 0.248 e. The summed E-state index contributed by atoms with van der Waals surface area (Å²) in [4.78, 5) is 10.6. The van der Waals surface area contributed by atoms with Crippen LogP contribution in [0.3, 0.4) is 0 Å². The standard InChI is InChI=1S/C7H5Cl2NO/c8-5-1-4(7(10)11)2-6(9)3-5/h1-3H,(H2,10,11). The first-order valence-electron chi connectivity index (χ1n) is 2.85. The van der Waals surface area contributed by atoms with Gasteiger partial charge in [-0.15, -0.1) is 0 Å². The Morgan fingerprint density at radius 3 is 2.00 bits per heavy atom. The summed E-state index contributed by atoms with van der Waals surface area (Å²) in [5, 5.41) is 0.817. The Labute approximate surface area is 73.9 Å². The van der Waals surface area contributed by atoms with Crippen molar-refractivity contribution in [3.05, 3.63) is 33.8 Å². The maximum atomic E-state index is 10.6. The lowest BCUT2D eigenvalue weighted by Crippen LogP contribution is -2.10. The SMILES string of the molecule is NC(=O)c1cc(Cl)cc(Cl)c1. The topological polar surface area (TPSA) is 43.1 Å². The second-order valence-corrected chi connectivity index (χ2v) is 2.90. The maximum absolute atomic E-state index is 10.6. The Balaban J connectivity index is 3.19. The van der Waals surface area contributed by atoms with Gasteiger partial charge in [-0.3, -0.25) is 4.79 Å². The van der Waals surface area contributed by atoms with Crippen molar-refractivity contribution in [2.24, 2.45) is 5.73 Å². The first kappa shape index (κ1) is 8.37. The lowest BCUT2D eigenvalue weighted by atomic mass is 10.2. The highest BCUT2D eigenvalue weighted by molar-refractivity contribution is 6.35. The summed E-state index contributed by atoms with van der Waals surface area (Å²) < 4.78 is 0. The van der Waals surface area contributed by atoms with Crippen molar-refractivity contribution in [3.63, 3.8) is 0 Å². The summed E-state index contributed by atoms with van der Waals surface area (Å²) in [5.41, 5.74) is 5.32. The third kappa shape index (κ3) is 2.10. The monoisotopic (exact) mass is 189 g/mol. The van der Waals surface area contributed by atoms with Crippen LogP contribution in [0.25, 0.3) is 0 Å². The molecule has 1 amide bonds. The average Bonchev–Trinajstić information content (AvgIpc) is 1.85. The quantitative estimate of drug-likeness (QED) is 0.723. The van der Waals surface area contributed by atoms with Crippen molar-refractivity contribution in [2.75, 3.05) is 0 Å². The molecular weight excluding hydrogens is 185 g/mol. The van der Waals surface area contributed by atoms with Crippen LogP contribution in [0, 0.1) is 0 Å². The lowest BCUT2D eigenvalue weighted by Gasteiger charge is -1.96. The molecule has 0 aliphatic carbocycles. The molecule has 1 rings (SSSR count). The third-order valence-corrected chi connectivity index (χ3v) is 1.58. The van der Waals surface area contributed by atoms with Crippen LogP contribution in [-0.2, 0) is 0 Å². The number of nitrogens with two attached hydrogens (primary N) is 1. The predicted octanol–water partition coefficient (Wildman–Crippen LogP) is 2.09. The van der Waals surface area contributed by atoms with Crippen LogP contribution >= 0.6 is 23.2 Å². The van der Waals surface area contributed by atoms with Crippen molar-refractivity contribution in [1.29, 1.82) is 0 Å². The van der Waals surface area contributed by atoms with E-state index in [2.05, 4.69) is 0 Å². The van der Waals surface area contributed by atoms with Gasteiger partial charge in [-0.25, -0.2) is 0 Å². The van der Waals surface area contributed by atoms with E-state index in [1.807, 2.05) is 0 Å². The molecule has 2 N–H and O–H groups in total. The van der Waals surface area contributed by atoms with Crippen molar-refractivity contribution in [1.82, 2.24) is 0 Å². The molecule has 0 aliphatic rings. The number of carbonyl (C=O) groups is 1. The Kier molecular flexibility index (Phi) is 2.37. The van der Waals surface area contributed by atoms with Crippen LogP contribution in [0.1, 0.15) is 10.4 Å². The van der Waals surface area contributed by atoms with Gasteiger partial charge in [0, 0.05) is 15.6 Å². The Morgan fingerprint density at radius 1 is 1.18 bits per heavy atom. The number of carbonyl (C=O) groups excluding carboxylic acids is 1. The van der Waals surface area contributed by atoms with Gasteiger partial charge in [0.15, 0.2) is 0 Å². The first-order valence-corrected chi connectivity index (χ1v) is 3.61. The number of benzene rings is 1. The van der Waals surface area contributed by atoms with Crippen molar-refractivity contribution in [2.45, 2.75) is 0 Å². The number of primary amides is 1. The van der Waals surface area contributed by atoms with E-state index in [1.165, 1.54) is 18.2 Å². The summed E-state index contributed by atoms with van der Waals surface area (Å²) in [5.74, 6) is -0.533. The molecule has 0 saturated carbocycles. The van der Waals surface area contributed by atoms with Crippen molar-refractivity contribution in [3.8, 4) is 0 Å². The Morgan fingerprint density at radius 2 is 1.64 bits per heavy atom. The molecule has 0 aromatic heterocycles. The highest BCUT2D eigenvalue weighted by Gasteiger charge is 2.02. The fraction of sp³-hybridized carbons (Fsp3) is 0. The molecule has 0 radical (unpaired) electrons. The van der Waals surface area contributed by atoms with Crippen LogP contribution in [0.4, 0.5) is 0 Å². The van der Waals surface area contributed by atoms with E-state index in [4.69, 9.17) is 28.9 Å². The minimum absolute atomic E-state index is 0.322. The molecule has 1 aromatic carbocycles. The molecule has 0 fully saturated rings. The van der Waals surface area contributed by atoms with Gasteiger partial charge in [0.25, 0.3) is 0 Å². The summed E-state index contributed by atoms with van der Waals surface area (Å²) in [6.45, 7) is 0. The molecule has 0 bridgehead atoms. The molecule has 0 spiro atoms. The number of halogens is 2. The summed E-state index contributed by atoms with van der Waals surface area (Å²) >= 11 is 11.2. The number of hydrogen-bond donors (Lipinski definition) is 1. The fourth-order valence-corrected chi connectivity index (χ4v) is 1.22. The molecule has 11 heavy (non-hydrogen) atoms. The molecule has 1 aromatic rings. The first-order chi connectivity index (χ1) is 5.09. The molecule has 4 heteroatoms. The highest BCUT2D eigenvalue weighted by Crippen LogP contribution is 2.18. The predicted molar refractivity (Wildman–Crippen MR) is 45.0 cm³/mol. The highest BCUT2D eigenvalue weighted by atomic mass is 35.5. The minimum atomic E-state index is -0.533. The lowest BCUT2D eigenvalue weighted by molar-refractivity contribution is 0.100. The minimum Gasteiger partial charge on any atom is -0.366 e. The van der Waals surface area contributed by atoms with Crippen molar-refractivity contribution >= 4 is 29.1 Å². The summed E-state index contributed by atoms with van der Waals surface area (Å²) in [6.07, 6.45) is 0. The zero-order valence-electron chi connectivity index (χ0n) is 5.47. The second-order valence-electron chi connectivity index (χ2n) is 2.02. The van der Waals surface area contributed by atoms with E-state index in [0.29, 0.717) is 15.6 Å². The second kappa shape index (κ2) is 3.11. The molecule has 0 aliphatic heterocycles. The van der Waals surface area contributed by atoms with E-state index < -0.39 is 5.91 Å². The fourth-order valence-electron chi connectivity index (χ4n) is 0.696. The maximum Gasteiger partial charge on any atom is 0.248 e. The van der Waals surface area contributed by atoms with Crippen LogP contribution in [0.5, 0.6) is 0 Å². The van der Waals surface area contributed by atoms with Gasteiger partial charge < -0.3 is 5.73 Å². The van der Waals surface area contributed by atoms with Crippen LogP contribution in [-0.4, -0.2) is 5.91 Å². The van der Waals surface area contributed by atoms with Gasteiger partial charge in [0.05, 0.1) is 0 Å². The summed E-state index contributed by atoms with van der Waals surface area (Å²) in [6, 6.07) is 4.47. The average molecular weight is 190 g/mol. The van der Waals surface area contributed by atoms with Gasteiger partial charge >= 0.3 is 0 Å². The van der Waals surface area contributed by atoms with E-state index in [0.717, 1.165) is 0 Å². The van der Waals surface area contributed by atoms with Gasteiger partial charge in [-0.1, -0.05) is 23.2 Å². The molecule has 58 valence electrons. The van der Waals surface area contributed by atoms with Crippen molar-refractivity contribution < 1.29 is 4.79 Å². The summed E-state index contributed by atoms with van der Waals surface area (Å²) in [7, 11) is 0. The largest absolute Gasteiger partial charge is 0.366 e. The normalized spacial score (nSPS) is 9.64. The number of hydrogen-bond acceptors (Lipinski definition) is 1. The number of amides is 1. The molecule has 0 unspecified atom stereocenters. The Bertz CT molecular complexity index is 278. The van der Waals surface area contributed by atoms with Crippen LogP contribution in [0.15, 0.2) is 18.2 Å². The van der Waals surface area contributed by atoms with Gasteiger partial charge in [-0.05, 0) is 18.2 Å². The Hall–Kier alpha value is -0.730. The van der Waals surface area contributed by atoms with E-state index in [1.54, 1.807) is 0 Å². The molecule has 0 saturated heterocycles. The molecule has 0 heterocycles. The van der Waals surface area contributed by atoms with E-state index in [9.17, 15) is 4.79 Å². The zero-order valence-corrected chi connectivity index (χ0v) is 6.99. The number of rotatable bonds is 1. The van der Waals surface area contributed by atoms with Gasteiger partial charge in [0.2, 0.25) is 5.91 Å². The van der Waals surface area contributed by atoms with Gasteiger partial charge in [-0.2, -0.15) is 0 Å². The molecule has 0 atom stereocenters. The zero-order chi connectivity index (χ0) is 8.43. The van der Waals surface area contributed by atoms with Crippen LogP contribution in [0.2, 0.25) is 10.0 Å². The van der Waals surface area contributed by atoms with Gasteiger partial charge in [0.1, 0.15) is 0 Å². The van der Waals surface area contributed by atoms with E-state index >= 15 is 0 Å². The van der Waals surface area contributed by atoms with Crippen LogP contribution < -0.4 is 5.73 Å². The van der Waals surface area contributed by atoms with E-state index in [-0.39, 0.29) is 0 Å². The molecule has 2 nitrogen and oxygen atoms in total. The molecular formula is C7H5Cl2NO. The third-order valence-electron chi connectivity index (χ3n) is 1.15.